The van der Waals surface area contributed by atoms with Crippen LogP contribution in [0, 0.1) is 10.1 Å². The Labute approximate surface area is 197 Å². The number of benzene rings is 1. The predicted octanol–water partition coefficient (Wildman–Crippen LogP) is 1.09. The molecule has 14 heteroatoms. The molecule has 4 rings (SSSR count). The summed E-state index contributed by atoms with van der Waals surface area (Å²) in [5.74, 6) is -1.01. The van der Waals surface area contributed by atoms with Crippen LogP contribution < -0.4 is 21.3 Å². The summed E-state index contributed by atoms with van der Waals surface area (Å²) < 4.78 is 3.85. The number of aromatic nitrogens is 4. The van der Waals surface area contributed by atoms with Crippen LogP contribution in [0.5, 0.6) is 0 Å². The SMILES string of the molecule is NC(=O)CNC(=O)C1CCCN1c1ncnc(NCc2ccc(-c3csnn3)cc2)c1[N+](=O)[O-]. The molecule has 1 aliphatic rings. The highest BCUT2D eigenvalue weighted by atomic mass is 32.1. The average Bonchev–Trinajstić information content (AvgIpc) is 3.54. The average molecular weight is 484 g/mol. The number of primary amides is 1. The minimum atomic E-state index is -0.700. The van der Waals surface area contributed by atoms with Gasteiger partial charge < -0.3 is 21.3 Å². The van der Waals surface area contributed by atoms with Gasteiger partial charge in [-0.05, 0) is 29.9 Å². The van der Waals surface area contributed by atoms with Crippen molar-refractivity contribution in [3.8, 4) is 11.3 Å². The molecule has 3 aromatic rings. The third kappa shape index (κ3) is 5.06. The largest absolute Gasteiger partial charge is 0.368 e. The predicted molar refractivity (Wildman–Crippen MR) is 124 cm³/mol. The van der Waals surface area contributed by atoms with Crippen molar-refractivity contribution in [3.63, 3.8) is 0 Å². The lowest BCUT2D eigenvalue weighted by Gasteiger charge is -2.24. The summed E-state index contributed by atoms with van der Waals surface area (Å²) >= 11 is 1.27. The van der Waals surface area contributed by atoms with Gasteiger partial charge in [-0.15, -0.1) is 5.10 Å². The molecular formula is C20H21N9O4S. The summed E-state index contributed by atoms with van der Waals surface area (Å²) in [6.07, 6.45) is 2.33. The number of anilines is 2. The number of nitrogens with zero attached hydrogens (tertiary/aromatic N) is 6. The normalized spacial score (nSPS) is 15.2. The molecule has 0 spiro atoms. The van der Waals surface area contributed by atoms with E-state index in [9.17, 15) is 19.7 Å². The van der Waals surface area contributed by atoms with Crippen molar-refractivity contribution >= 4 is 40.7 Å². The molecule has 0 bridgehead atoms. The van der Waals surface area contributed by atoms with Gasteiger partial charge in [-0.1, -0.05) is 28.8 Å². The van der Waals surface area contributed by atoms with Crippen molar-refractivity contribution in [3.05, 3.63) is 51.7 Å². The molecule has 1 atom stereocenters. The van der Waals surface area contributed by atoms with E-state index < -0.39 is 22.8 Å². The Morgan fingerprint density at radius 3 is 2.74 bits per heavy atom. The lowest BCUT2D eigenvalue weighted by atomic mass is 10.1. The van der Waals surface area contributed by atoms with Crippen LogP contribution in [-0.2, 0) is 16.1 Å². The number of hydrogen-bond donors (Lipinski definition) is 3. The summed E-state index contributed by atoms with van der Waals surface area (Å²) in [7, 11) is 0. The maximum Gasteiger partial charge on any atom is 0.353 e. The molecule has 1 saturated heterocycles. The van der Waals surface area contributed by atoms with Crippen LogP contribution in [0.15, 0.2) is 36.0 Å². The number of amides is 2. The molecule has 2 amide bonds. The van der Waals surface area contributed by atoms with Gasteiger partial charge in [0.15, 0.2) is 0 Å². The van der Waals surface area contributed by atoms with E-state index in [2.05, 4.69) is 30.2 Å². The van der Waals surface area contributed by atoms with E-state index in [1.165, 1.54) is 17.9 Å². The second-order valence-corrected chi connectivity index (χ2v) is 8.14. The van der Waals surface area contributed by atoms with E-state index in [-0.39, 0.29) is 30.4 Å². The molecule has 13 nitrogen and oxygen atoms in total. The summed E-state index contributed by atoms with van der Waals surface area (Å²) in [4.78, 5) is 44.7. The number of carbonyl (C=O) groups excluding carboxylic acids is 2. The van der Waals surface area contributed by atoms with Gasteiger partial charge in [-0.25, -0.2) is 9.97 Å². The monoisotopic (exact) mass is 483 g/mol. The van der Waals surface area contributed by atoms with Crippen molar-refractivity contribution in [1.82, 2.24) is 24.9 Å². The van der Waals surface area contributed by atoms with Gasteiger partial charge >= 0.3 is 5.69 Å². The van der Waals surface area contributed by atoms with Crippen LogP contribution in [0.4, 0.5) is 17.3 Å². The lowest BCUT2D eigenvalue weighted by Crippen LogP contribution is -2.46. The molecule has 2 aromatic heterocycles. The van der Waals surface area contributed by atoms with Crippen LogP contribution in [0.1, 0.15) is 18.4 Å². The van der Waals surface area contributed by atoms with Gasteiger partial charge in [0, 0.05) is 24.0 Å². The number of nitrogens with two attached hydrogens (primary N) is 1. The van der Waals surface area contributed by atoms with Crippen molar-refractivity contribution in [1.29, 1.82) is 0 Å². The van der Waals surface area contributed by atoms with E-state index in [1.807, 2.05) is 29.6 Å². The molecule has 0 radical (unpaired) electrons. The Hall–Kier alpha value is -4.20. The van der Waals surface area contributed by atoms with Gasteiger partial charge in [0.25, 0.3) is 0 Å². The topological polar surface area (TPSA) is 182 Å². The first-order valence-corrected chi connectivity index (χ1v) is 11.2. The molecule has 1 unspecified atom stereocenters. The molecule has 3 heterocycles. The second-order valence-electron chi connectivity index (χ2n) is 7.53. The zero-order chi connectivity index (χ0) is 24.1. The zero-order valence-electron chi connectivity index (χ0n) is 17.9. The van der Waals surface area contributed by atoms with E-state index >= 15 is 0 Å². The smallest absolute Gasteiger partial charge is 0.353 e. The molecular weight excluding hydrogens is 462 g/mol. The quantitative estimate of drug-likeness (QED) is 0.294. The fourth-order valence-electron chi connectivity index (χ4n) is 3.73. The number of nitrogens with one attached hydrogen (secondary N) is 2. The molecule has 176 valence electrons. The van der Waals surface area contributed by atoms with E-state index in [0.717, 1.165) is 16.8 Å². The summed E-state index contributed by atoms with van der Waals surface area (Å²) in [5.41, 5.74) is 7.35. The van der Waals surface area contributed by atoms with E-state index in [1.54, 1.807) is 4.90 Å². The van der Waals surface area contributed by atoms with E-state index in [0.29, 0.717) is 19.4 Å². The number of carbonyl (C=O) groups is 2. The molecule has 0 aliphatic carbocycles. The molecule has 1 aromatic carbocycles. The first kappa shape index (κ1) is 23.0. The highest BCUT2D eigenvalue weighted by molar-refractivity contribution is 7.03. The summed E-state index contributed by atoms with van der Waals surface area (Å²) in [6, 6.07) is 6.86. The lowest BCUT2D eigenvalue weighted by molar-refractivity contribution is -0.383. The Kier molecular flexibility index (Phi) is 6.87. The van der Waals surface area contributed by atoms with Gasteiger partial charge in [-0.3, -0.25) is 19.7 Å². The molecule has 0 saturated carbocycles. The Bertz CT molecular complexity index is 1190. The number of nitro groups is 1. The third-order valence-electron chi connectivity index (χ3n) is 5.32. The molecule has 1 fully saturated rings. The van der Waals surface area contributed by atoms with Gasteiger partial charge in [0.1, 0.15) is 18.1 Å². The first-order chi connectivity index (χ1) is 16.4. The zero-order valence-corrected chi connectivity index (χ0v) is 18.7. The van der Waals surface area contributed by atoms with Crippen molar-refractivity contribution in [2.24, 2.45) is 5.73 Å². The van der Waals surface area contributed by atoms with Gasteiger partial charge in [0.2, 0.25) is 23.5 Å². The molecule has 1 aliphatic heterocycles. The van der Waals surface area contributed by atoms with Crippen LogP contribution in [0.2, 0.25) is 0 Å². The third-order valence-corrected chi connectivity index (χ3v) is 5.82. The number of hydrogen-bond acceptors (Lipinski definition) is 11. The number of rotatable bonds is 9. The second kappa shape index (κ2) is 10.2. The van der Waals surface area contributed by atoms with E-state index in [4.69, 9.17) is 5.73 Å². The fraction of sp³-hybridized carbons (Fsp3) is 0.300. The Morgan fingerprint density at radius 2 is 2.06 bits per heavy atom. The molecule has 4 N–H and O–H groups in total. The standard InChI is InChI=1S/C20H21N9O4S/c21-16(30)9-23-20(31)15-2-1-7-28(15)19-17(29(32)33)18(24-11-25-19)22-8-12-3-5-13(6-4-12)14-10-34-27-26-14/h3-6,10-11,15H,1-2,7-9H2,(H2,21,30)(H,23,31)(H,22,24,25). The fourth-order valence-corrected chi connectivity index (χ4v) is 4.20. The van der Waals surface area contributed by atoms with Crippen molar-refractivity contribution in [2.45, 2.75) is 25.4 Å². The highest BCUT2D eigenvalue weighted by Crippen LogP contribution is 2.36. The maximum absolute atomic E-state index is 12.5. The van der Waals surface area contributed by atoms with Crippen LogP contribution >= 0.6 is 11.5 Å². The van der Waals surface area contributed by atoms with Crippen LogP contribution in [-0.4, -0.2) is 55.4 Å². The Balaban J connectivity index is 1.52. The van der Waals surface area contributed by atoms with Crippen molar-refractivity contribution < 1.29 is 14.5 Å². The van der Waals surface area contributed by atoms with Gasteiger partial charge in [-0.2, -0.15) is 0 Å². The summed E-state index contributed by atoms with van der Waals surface area (Å²) in [5, 5.41) is 23.3. The van der Waals surface area contributed by atoms with Gasteiger partial charge in [0.05, 0.1) is 11.5 Å². The minimum Gasteiger partial charge on any atom is -0.368 e. The minimum absolute atomic E-state index is 0.0469. The maximum atomic E-state index is 12.5. The highest BCUT2D eigenvalue weighted by Gasteiger charge is 2.37. The van der Waals surface area contributed by atoms with Crippen LogP contribution in [0.3, 0.4) is 0 Å². The summed E-state index contributed by atoms with van der Waals surface area (Å²) in [6.45, 7) is 0.383. The molecule has 34 heavy (non-hydrogen) atoms. The van der Waals surface area contributed by atoms with Crippen LogP contribution in [0.25, 0.3) is 11.3 Å². The first-order valence-electron chi connectivity index (χ1n) is 10.4. The van der Waals surface area contributed by atoms with Crippen molar-refractivity contribution in [2.75, 3.05) is 23.3 Å². The Morgan fingerprint density at radius 1 is 1.26 bits per heavy atom.